The number of hydrogen-bond acceptors (Lipinski definition) is 2. The highest BCUT2D eigenvalue weighted by molar-refractivity contribution is 6.11. The van der Waals surface area contributed by atoms with Crippen LogP contribution in [-0.4, -0.2) is 22.8 Å². The molecule has 4 heteroatoms. The Morgan fingerprint density at radius 2 is 2.15 bits per heavy atom. The van der Waals surface area contributed by atoms with Gasteiger partial charge in [0.15, 0.2) is 0 Å². The van der Waals surface area contributed by atoms with Gasteiger partial charge in [0.2, 0.25) is 0 Å². The minimum atomic E-state index is 0.614. The van der Waals surface area contributed by atoms with E-state index in [4.69, 9.17) is 9.73 Å². The zero-order valence-electron chi connectivity index (χ0n) is 16.3. The second-order valence-electron chi connectivity index (χ2n) is 7.54. The van der Waals surface area contributed by atoms with E-state index in [-0.39, 0.29) is 0 Å². The zero-order chi connectivity index (χ0) is 18.6. The molecule has 0 saturated heterocycles. The predicted octanol–water partition coefficient (Wildman–Crippen LogP) is 5.72. The Hall–Kier alpha value is -2.49. The maximum Gasteiger partial charge on any atom is 0.146 e. The summed E-state index contributed by atoms with van der Waals surface area (Å²) in [7, 11) is 1.71. The number of fused-ring (bicyclic) bond motifs is 2. The molecule has 0 saturated carbocycles. The lowest BCUT2D eigenvalue weighted by molar-refractivity contribution is 0.303. The molecule has 2 aromatic rings. The summed E-state index contributed by atoms with van der Waals surface area (Å²) in [5, 5.41) is 0. The molecule has 2 N–H and O–H groups in total. The number of aryl methyl sites for hydroxylation is 1. The van der Waals surface area contributed by atoms with Gasteiger partial charge in [-0.3, -0.25) is 0 Å². The molecule has 2 bridgehead atoms. The summed E-state index contributed by atoms with van der Waals surface area (Å²) in [6.07, 6.45) is 15.0. The molecular formula is C23H29N3O. The van der Waals surface area contributed by atoms with Crippen molar-refractivity contribution in [3.05, 3.63) is 64.6 Å². The Kier molecular flexibility index (Phi) is 5.33. The van der Waals surface area contributed by atoms with Crippen LogP contribution in [0.2, 0.25) is 0 Å². The first-order valence-corrected chi connectivity index (χ1v) is 10.2. The fourth-order valence-corrected chi connectivity index (χ4v) is 4.22. The van der Waals surface area contributed by atoms with Gasteiger partial charge in [-0.25, -0.2) is 4.99 Å². The minimum Gasteiger partial charge on any atom is -0.494 e. The van der Waals surface area contributed by atoms with Crippen LogP contribution in [0.3, 0.4) is 0 Å². The van der Waals surface area contributed by atoms with Gasteiger partial charge in [0.05, 0.1) is 18.5 Å². The maximum atomic E-state index is 5.61. The summed E-state index contributed by atoms with van der Waals surface area (Å²) >= 11 is 0. The molecule has 1 atom stereocenters. The van der Waals surface area contributed by atoms with Crippen LogP contribution in [0.5, 0.6) is 0 Å². The van der Waals surface area contributed by atoms with Gasteiger partial charge in [-0.05, 0) is 61.4 Å². The first-order chi connectivity index (χ1) is 13.3. The highest BCUT2D eigenvalue weighted by Gasteiger charge is 2.21. The van der Waals surface area contributed by atoms with Crippen molar-refractivity contribution in [2.45, 2.75) is 57.8 Å². The number of methoxy groups -OCH3 is 1. The van der Waals surface area contributed by atoms with Gasteiger partial charge in [0.1, 0.15) is 11.5 Å². The van der Waals surface area contributed by atoms with Gasteiger partial charge in [0.25, 0.3) is 0 Å². The van der Waals surface area contributed by atoms with Crippen molar-refractivity contribution in [2.24, 2.45) is 4.99 Å². The first kappa shape index (κ1) is 17.9. The van der Waals surface area contributed by atoms with E-state index in [1.165, 1.54) is 55.5 Å². The second-order valence-corrected chi connectivity index (χ2v) is 7.54. The number of nitrogens with zero attached hydrogens (tertiary/aromatic N) is 1. The van der Waals surface area contributed by atoms with Crippen LogP contribution >= 0.6 is 0 Å². The highest BCUT2D eigenvalue weighted by Crippen LogP contribution is 2.34. The van der Waals surface area contributed by atoms with Gasteiger partial charge < -0.3 is 14.7 Å². The molecule has 0 amide bonds. The Balaban J connectivity index is 1.72. The number of allylic oxidation sites excluding steroid dienone is 1. The third-order valence-corrected chi connectivity index (χ3v) is 5.75. The lowest BCUT2D eigenvalue weighted by atomic mass is 9.89. The topological polar surface area (TPSA) is 53.2 Å². The molecule has 0 spiro atoms. The van der Waals surface area contributed by atoms with Gasteiger partial charge in [-0.1, -0.05) is 26.2 Å². The van der Waals surface area contributed by atoms with Gasteiger partial charge in [-0.2, -0.15) is 0 Å². The number of nitrogens with one attached hydrogen (secondary N) is 2. The molecule has 0 fully saturated rings. The van der Waals surface area contributed by atoms with Crippen LogP contribution in [0.15, 0.2) is 46.9 Å². The molecule has 0 unspecified atom stereocenters. The highest BCUT2D eigenvalue weighted by atomic mass is 16.5. The van der Waals surface area contributed by atoms with E-state index in [1.54, 1.807) is 7.11 Å². The molecule has 0 radical (unpaired) electrons. The number of hydrogen-bond donors (Lipinski definition) is 2. The third kappa shape index (κ3) is 3.80. The fraction of sp³-hybridized carbons (Fsp3) is 0.435. The molecule has 0 aromatic carbocycles. The second kappa shape index (κ2) is 8.03. The van der Waals surface area contributed by atoms with E-state index < -0.39 is 0 Å². The quantitative estimate of drug-likeness (QED) is 0.717. The van der Waals surface area contributed by atoms with Gasteiger partial charge in [0, 0.05) is 23.7 Å². The van der Waals surface area contributed by atoms with Crippen molar-refractivity contribution in [3.8, 4) is 0 Å². The van der Waals surface area contributed by atoms with Crippen LogP contribution in [-0.2, 0) is 11.2 Å². The summed E-state index contributed by atoms with van der Waals surface area (Å²) in [5.74, 6) is 1.43. The number of H-pyrrole nitrogens is 2. The molecule has 142 valence electrons. The summed E-state index contributed by atoms with van der Waals surface area (Å²) in [5.41, 5.74) is 6.82. The molecular weight excluding hydrogens is 334 g/mol. The number of ether oxygens (including phenoxy) is 1. The maximum absolute atomic E-state index is 5.61. The Bertz CT molecular complexity index is 868. The number of aromatic amines is 2. The largest absolute Gasteiger partial charge is 0.494 e. The van der Waals surface area contributed by atoms with E-state index in [2.05, 4.69) is 29.0 Å². The van der Waals surface area contributed by atoms with E-state index in [0.29, 0.717) is 5.92 Å². The SMILES string of the molecule is CC[C@H]1CCCCCCc2cc1c(C=C1N=C(c3ccc[nH]3)C=C1OC)[nH]2. The summed E-state index contributed by atoms with van der Waals surface area (Å²) in [6.45, 7) is 2.30. The molecule has 4 nitrogen and oxygen atoms in total. The van der Waals surface area contributed by atoms with Gasteiger partial charge in [-0.15, -0.1) is 0 Å². The van der Waals surface area contributed by atoms with E-state index >= 15 is 0 Å². The molecule has 1 aliphatic carbocycles. The fourth-order valence-electron chi connectivity index (χ4n) is 4.22. The molecule has 3 heterocycles. The van der Waals surface area contributed by atoms with Gasteiger partial charge >= 0.3 is 0 Å². The van der Waals surface area contributed by atoms with Crippen molar-refractivity contribution >= 4 is 11.8 Å². The van der Waals surface area contributed by atoms with E-state index in [9.17, 15) is 0 Å². The number of aromatic nitrogens is 2. The third-order valence-electron chi connectivity index (χ3n) is 5.75. The molecule has 27 heavy (non-hydrogen) atoms. The van der Waals surface area contributed by atoms with E-state index in [0.717, 1.165) is 29.3 Å². The monoisotopic (exact) mass is 363 g/mol. The standard InChI is InChI=1S/C23H29N3O/c1-3-16-9-6-4-5-7-10-17-13-18(16)20(25-17)14-22-23(27-2)15-21(26-22)19-11-8-12-24-19/h8,11-16,24-25H,3-7,9-10H2,1-2H3/t16-/m0/s1. The van der Waals surface area contributed by atoms with Crippen molar-refractivity contribution in [3.63, 3.8) is 0 Å². The molecule has 2 aliphatic rings. The Labute approximate surface area is 161 Å². The molecule has 4 rings (SSSR count). The van der Waals surface area contributed by atoms with Crippen molar-refractivity contribution < 1.29 is 4.74 Å². The average molecular weight is 364 g/mol. The average Bonchev–Trinajstić information content (AvgIpc) is 3.41. The van der Waals surface area contributed by atoms with E-state index in [1.807, 2.05) is 24.4 Å². The van der Waals surface area contributed by atoms with Crippen molar-refractivity contribution in [1.82, 2.24) is 9.97 Å². The normalized spacial score (nSPS) is 21.9. The minimum absolute atomic E-state index is 0.614. The van der Waals surface area contributed by atoms with Crippen molar-refractivity contribution in [2.75, 3.05) is 7.11 Å². The van der Waals surface area contributed by atoms with Crippen molar-refractivity contribution in [1.29, 1.82) is 0 Å². The molecule has 1 aliphatic heterocycles. The lowest BCUT2D eigenvalue weighted by Gasteiger charge is -2.15. The Morgan fingerprint density at radius 3 is 2.93 bits per heavy atom. The van der Waals surface area contributed by atoms with Crippen LogP contribution < -0.4 is 0 Å². The first-order valence-electron chi connectivity index (χ1n) is 10.2. The Morgan fingerprint density at radius 1 is 1.26 bits per heavy atom. The summed E-state index contributed by atoms with van der Waals surface area (Å²) < 4.78 is 5.61. The smallest absolute Gasteiger partial charge is 0.146 e. The van der Waals surface area contributed by atoms with Crippen LogP contribution in [0.4, 0.5) is 0 Å². The molecule has 2 aromatic heterocycles. The summed E-state index contributed by atoms with van der Waals surface area (Å²) in [6, 6.07) is 6.42. The number of rotatable bonds is 4. The number of aliphatic imine (C=N–C) groups is 1. The predicted molar refractivity (Wildman–Crippen MR) is 111 cm³/mol. The van der Waals surface area contributed by atoms with Crippen LogP contribution in [0.25, 0.3) is 6.08 Å². The van der Waals surface area contributed by atoms with Crippen LogP contribution in [0, 0.1) is 0 Å². The summed E-state index contributed by atoms with van der Waals surface area (Å²) in [4.78, 5) is 11.7. The lowest BCUT2D eigenvalue weighted by Crippen LogP contribution is -1.99. The van der Waals surface area contributed by atoms with Crippen LogP contribution in [0.1, 0.15) is 74.0 Å². The zero-order valence-corrected chi connectivity index (χ0v) is 16.3.